The number of rotatable bonds is 6. The zero-order chi connectivity index (χ0) is 15.3. The molecular formula is C15H25N3O2. The molecule has 0 aliphatic heterocycles. The highest BCUT2D eigenvalue weighted by atomic mass is 16.3. The molecule has 4 N–H and O–H groups in total. The third-order valence-electron chi connectivity index (χ3n) is 3.57. The predicted octanol–water partition coefficient (Wildman–Crippen LogP) is 1.61. The molecule has 1 aromatic rings. The molecule has 0 bridgehead atoms. The number of hydrogen-bond donors (Lipinski definition) is 3. The summed E-state index contributed by atoms with van der Waals surface area (Å²) in [4.78, 5) is 14.1. The van der Waals surface area contributed by atoms with Crippen molar-refractivity contribution >= 4 is 17.3 Å². The van der Waals surface area contributed by atoms with E-state index in [0.29, 0.717) is 18.7 Å². The summed E-state index contributed by atoms with van der Waals surface area (Å²) in [6, 6.07) is 5.20. The lowest BCUT2D eigenvalue weighted by molar-refractivity contribution is -0.120. The second kappa shape index (κ2) is 7.26. The molecule has 0 saturated heterocycles. The maximum Gasteiger partial charge on any atom is 0.241 e. The fourth-order valence-corrected chi connectivity index (χ4v) is 1.81. The van der Waals surface area contributed by atoms with Gasteiger partial charge in [-0.05, 0) is 51.9 Å². The summed E-state index contributed by atoms with van der Waals surface area (Å²) in [7, 11) is 1.87. The number of amides is 1. The molecule has 0 spiro atoms. The molecule has 20 heavy (non-hydrogen) atoms. The number of hydrogen-bond acceptors (Lipinski definition) is 4. The lowest BCUT2D eigenvalue weighted by atomic mass is 10.1. The Bertz CT molecular complexity index is 460. The number of aliphatic hydroxyl groups excluding tert-OH is 1. The summed E-state index contributed by atoms with van der Waals surface area (Å²) in [5, 5.41) is 12.2. The van der Waals surface area contributed by atoms with Crippen molar-refractivity contribution in [1.82, 2.24) is 4.90 Å². The zero-order valence-corrected chi connectivity index (χ0v) is 12.7. The third-order valence-corrected chi connectivity index (χ3v) is 3.57. The van der Waals surface area contributed by atoms with Crippen LogP contribution in [0.2, 0.25) is 0 Å². The summed E-state index contributed by atoms with van der Waals surface area (Å²) >= 11 is 0. The van der Waals surface area contributed by atoms with Gasteiger partial charge in [-0.2, -0.15) is 0 Å². The minimum absolute atomic E-state index is 0.0770. The first-order valence-corrected chi connectivity index (χ1v) is 6.87. The Labute approximate surface area is 120 Å². The van der Waals surface area contributed by atoms with Gasteiger partial charge in [0, 0.05) is 17.9 Å². The van der Waals surface area contributed by atoms with Crippen LogP contribution in [0.1, 0.15) is 25.8 Å². The first kappa shape index (κ1) is 16.5. The quantitative estimate of drug-likeness (QED) is 0.691. The molecule has 112 valence electrons. The summed E-state index contributed by atoms with van der Waals surface area (Å²) < 4.78 is 0. The van der Waals surface area contributed by atoms with Crippen LogP contribution in [0.5, 0.6) is 0 Å². The molecule has 0 radical (unpaired) electrons. The van der Waals surface area contributed by atoms with E-state index in [4.69, 9.17) is 5.73 Å². The van der Waals surface area contributed by atoms with Crippen LogP contribution in [-0.2, 0) is 4.79 Å². The molecule has 1 amide bonds. The molecule has 0 aliphatic rings. The largest absolute Gasteiger partial charge is 0.398 e. The van der Waals surface area contributed by atoms with Crippen LogP contribution in [0.3, 0.4) is 0 Å². The van der Waals surface area contributed by atoms with E-state index in [1.807, 2.05) is 44.0 Å². The number of nitrogens with two attached hydrogens (primary N) is 1. The van der Waals surface area contributed by atoms with E-state index in [1.165, 1.54) is 0 Å². The molecule has 0 aliphatic carbocycles. The van der Waals surface area contributed by atoms with Crippen molar-refractivity contribution in [3.8, 4) is 0 Å². The van der Waals surface area contributed by atoms with Crippen LogP contribution in [0.25, 0.3) is 0 Å². The second-order valence-electron chi connectivity index (χ2n) is 5.30. The van der Waals surface area contributed by atoms with Gasteiger partial charge in [0.2, 0.25) is 5.91 Å². The monoisotopic (exact) mass is 279 g/mol. The Balaban J connectivity index is 2.63. The van der Waals surface area contributed by atoms with Gasteiger partial charge in [0.1, 0.15) is 0 Å². The molecule has 0 saturated carbocycles. The van der Waals surface area contributed by atoms with E-state index in [2.05, 4.69) is 5.32 Å². The van der Waals surface area contributed by atoms with Crippen molar-refractivity contribution in [2.45, 2.75) is 39.3 Å². The van der Waals surface area contributed by atoms with Crippen LogP contribution in [-0.4, -0.2) is 41.7 Å². The topological polar surface area (TPSA) is 78.6 Å². The fourth-order valence-electron chi connectivity index (χ4n) is 1.81. The van der Waals surface area contributed by atoms with Crippen molar-refractivity contribution in [3.05, 3.63) is 23.8 Å². The molecule has 5 heteroatoms. The maximum atomic E-state index is 12.2. The highest BCUT2D eigenvalue weighted by molar-refractivity contribution is 5.95. The summed E-state index contributed by atoms with van der Waals surface area (Å²) in [5.41, 5.74) is 8.10. The van der Waals surface area contributed by atoms with Gasteiger partial charge in [-0.1, -0.05) is 6.07 Å². The first-order valence-electron chi connectivity index (χ1n) is 6.87. The number of anilines is 2. The number of carbonyl (C=O) groups is 1. The minimum Gasteiger partial charge on any atom is -0.398 e. The predicted molar refractivity (Wildman–Crippen MR) is 82.6 cm³/mol. The van der Waals surface area contributed by atoms with Gasteiger partial charge in [0.05, 0.1) is 12.1 Å². The molecule has 1 rings (SSSR count). The Kier molecular flexibility index (Phi) is 5.98. The van der Waals surface area contributed by atoms with E-state index in [9.17, 15) is 9.90 Å². The highest BCUT2D eigenvalue weighted by Gasteiger charge is 2.19. The average molecular weight is 279 g/mol. The summed E-state index contributed by atoms with van der Waals surface area (Å²) in [6.07, 6.45) is 0.287. The normalized spacial score (nSPS) is 14.1. The Morgan fingerprint density at radius 1 is 1.45 bits per heavy atom. The van der Waals surface area contributed by atoms with Gasteiger partial charge in [0.15, 0.2) is 0 Å². The van der Waals surface area contributed by atoms with Gasteiger partial charge < -0.3 is 16.2 Å². The third kappa shape index (κ3) is 4.51. The number of nitrogens with zero attached hydrogens (tertiary/aromatic N) is 1. The van der Waals surface area contributed by atoms with Crippen molar-refractivity contribution in [3.63, 3.8) is 0 Å². The average Bonchev–Trinajstić information content (AvgIpc) is 2.40. The van der Waals surface area contributed by atoms with Crippen LogP contribution in [0.15, 0.2) is 18.2 Å². The number of aliphatic hydroxyl groups is 1. The summed E-state index contributed by atoms with van der Waals surface area (Å²) in [5.74, 6) is -0.0770. The van der Waals surface area contributed by atoms with Gasteiger partial charge in [-0.15, -0.1) is 0 Å². The van der Waals surface area contributed by atoms with E-state index in [1.54, 1.807) is 6.92 Å². The number of benzene rings is 1. The Morgan fingerprint density at radius 3 is 2.70 bits per heavy atom. The molecule has 0 heterocycles. The van der Waals surface area contributed by atoms with Gasteiger partial charge >= 0.3 is 0 Å². The minimum atomic E-state index is -0.358. The lowest BCUT2D eigenvalue weighted by Crippen LogP contribution is -2.40. The van der Waals surface area contributed by atoms with E-state index in [-0.39, 0.29) is 18.1 Å². The van der Waals surface area contributed by atoms with Crippen molar-refractivity contribution < 1.29 is 9.90 Å². The van der Waals surface area contributed by atoms with Crippen molar-refractivity contribution in [2.24, 2.45) is 0 Å². The number of nitrogen functional groups attached to an aromatic ring is 1. The Hall–Kier alpha value is -1.59. The highest BCUT2D eigenvalue weighted by Crippen LogP contribution is 2.20. The number of nitrogens with one attached hydrogen (secondary N) is 1. The van der Waals surface area contributed by atoms with Gasteiger partial charge in [0.25, 0.3) is 0 Å². The lowest BCUT2D eigenvalue weighted by Gasteiger charge is -2.24. The molecular weight excluding hydrogens is 254 g/mol. The second-order valence-corrected chi connectivity index (χ2v) is 5.30. The Morgan fingerprint density at radius 2 is 2.10 bits per heavy atom. The molecule has 0 fully saturated rings. The van der Waals surface area contributed by atoms with Crippen LogP contribution >= 0.6 is 0 Å². The van der Waals surface area contributed by atoms with Crippen LogP contribution < -0.4 is 11.1 Å². The van der Waals surface area contributed by atoms with Crippen molar-refractivity contribution in [2.75, 3.05) is 24.6 Å². The molecule has 2 unspecified atom stereocenters. The van der Waals surface area contributed by atoms with Crippen molar-refractivity contribution in [1.29, 1.82) is 0 Å². The first-order chi connectivity index (χ1) is 9.32. The maximum absolute atomic E-state index is 12.2. The molecule has 1 aromatic carbocycles. The molecule has 5 nitrogen and oxygen atoms in total. The zero-order valence-electron chi connectivity index (χ0n) is 12.7. The van der Waals surface area contributed by atoms with E-state index in [0.717, 1.165) is 11.3 Å². The molecule has 2 atom stereocenters. The SMILES string of the molecule is Cc1c(N)cccc1NC(=O)C(C)N(C)CCC(C)O. The van der Waals surface area contributed by atoms with Gasteiger partial charge in [-0.25, -0.2) is 0 Å². The molecule has 0 aromatic heterocycles. The van der Waals surface area contributed by atoms with Gasteiger partial charge in [-0.3, -0.25) is 9.69 Å². The summed E-state index contributed by atoms with van der Waals surface area (Å²) in [6.45, 7) is 6.14. The van der Waals surface area contributed by atoms with Crippen LogP contribution in [0.4, 0.5) is 11.4 Å². The number of carbonyl (C=O) groups excluding carboxylic acids is 1. The fraction of sp³-hybridized carbons (Fsp3) is 0.533. The van der Waals surface area contributed by atoms with E-state index < -0.39 is 0 Å². The van der Waals surface area contributed by atoms with Crippen LogP contribution in [0, 0.1) is 6.92 Å². The van der Waals surface area contributed by atoms with E-state index >= 15 is 0 Å². The smallest absolute Gasteiger partial charge is 0.241 e. The standard InChI is InChI=1S/C15H25N3O2/c1-10(19)8-9-18(4)12(3)15(20)17-14-7-5-6-13(16)11(14)2/h5-7,10,12,19H,8-9,16H2,1-4H3,(H,17,20). The number of likely N-dealkylation sites (N-methyl/N-ethyl adjacent to an activating group) is 1.